The van der Waals surface area contributed by atoms with Crippen LogP contribution in [0, 0.1) is 5.41 Å². The van der Waals surface area contributed by atoms with Crippen LogP contribution < -0.4 is 0 Å². The lowest BCUT2D eigenvalue weighted by molar-refractivity contribution is -0.131. The number of aliphatic carboxylic acids is 1. The summed E-state index contributed by atoms with van der Waals surface area (Å²) >= 11 is 0. The van der Waals surface area contributed by atoms with Crippen LogP contribution in [0.25, 0.3) is 6.08 Å². The molecule has 1 N–H and O–H groups in total. The fraction of sp³-hybridized carbons (Fsp3) is 0.438. The smallest absolute Gasteiger partial charge is 0.328 e. The van der Waals surface area contributed by atoms with E-state index in [4.69, 9.17) is 9.84 Å². The van der Waals surface area contributed by atoms with E-state index in [2.05, 4.69) is 20.8 Å². The predicted molar refractivity (Wildman–Crippen MR) is 76.8 cm³/mol. The van der Waals surface area contributed by atoms with Crippen LogP contribution in [0.4, 0.5) is 0 Å². The lowest BCUT2D eigenvalue weighted by atomic mass is 9.93. The van der Waals surface area contributed by atoms with E-state index in [1.807, 2.05) is 24.3 Å². The van der Waals surface area contributed by atoms with Crippen molar-refractivity contribution >= 4 is 12.0 Å². The van der Waals surface area contributed by atoms with Crippen LogP contribution in [0.2, 0.25) is 0 Å². The minimum absolute atomic E-state index is 0.297. The second-order valence-corrected chi connectivity index (χ2v) is 5.78. The Hall–Kier alpha value is -1.61. The van der Waals surface area contributed by atoms with E-state index in [0.717, 1.165) is 30.2 Å². The summed E-state index contributed by atoms with van der Waals surface area (Å²) in [6, 6.07) is 7.70. The van der Waals surface area contributed by atoms with Crippen molar-refractivity contribution in [3.8, 4) is 0 Å². The molecule has 3 heteroatoms. The zero-order valence-corrected chi connectivity index (χ0v) is 11.8. The molecule has 0 saturated carbocycles. The Morgan fingerprint density at radius 1 is 1.26 bits per heavy atom. The number of ether oxygens (including phenoxy) is 1. The van der Waals surface area contributed by atoms with Gasteiger partial charge in [0.1, 0.15) is 0 Å². The van der Waals surface area contributed by atoms with E-state index in [-0.39, 0.29) is 0 Å². The molecular weight excluding hydrogens is 240 g/mol. The number of carbonyl (C=O) groups is 1. The maximum absolute atomic E-state index is 10.4. The van der Waals surface area contributed by atoms with Crippen LogP contribution in [-0.2, 0) is 16.1 Å². The standard InChI is InChI=1S/C16H22O3/c1-16(2,3)10-11-19-12-14-6-4-13(5-7-14)8-9-15(17)18/h4-9H,10-12H2,1-3H3,(H,17,18). The predicted octanol–water partition coefficient (Wildman–Crippen LogP) is 3.74. The van der Waals surface area contributed by atoms with Gasteiger partial charge in [-0.3, -0.25) is 0 Å². The largest absolute Gasteiger partial charge is 0.478 e. The number of rotatable bonds is 6. The van der Waals surface area contributed by atoms with E-state index in [0.29, 0.717) is 12.0 Å². The zero-order chi connectivity index (χ0) is 14.3. The van der Waals surface area contributed by atoms with Gasteiger partial charge in [0.2, 0.25) is 0 Å². The Labute approximate surface area is 114 Å². The number of carboxylic acids is 1. The van der Waals surface area contributed by atoms with E-state index < -0.39 is 5.97 Å². The molecule has 1 aromatic rings. The Bertz CT molecular complexity index is 424. The Morgan fingerprint density at radius 3 is 2.42 bits per heavy atom. The van der Waals surface area contributed by atoms with Gasteiger partial charge in [0, 0.05) is 12.7 Å². The molecule has 0 radical (unpaired) electrons. The van der Waals surface area contributed by atoms with Crippen molar-refractivity contribution in [2.45, 2.75) is 33.8 Å². The number of hydrogen-bond acceptors (Lipinski definition) is 2. The molecule has 0 spiro atoms. The summed E-state index contributed by atoms with van der Waals surface area (Å²) in [4.78, 5) is 10.4. The average molecular weight is 262 g/mol. The SMILES string of the molecule is CC(C)(C)CCOCc1ccc(C=CC(=O)O)cc1. The lowest BCUT2D eigenvalue weighted by Crippen LogP contribution is -2.09. The van der Waals surface area contributed by atoms with Crippen molar-refractivity contribution in [2.24, 2.45) is 5.41 Å². The monoisotopic (exact) mass is 262 g/mol. The third-order valence-corrected chi connectivity index (χ3v) is 2.66. The van der Waals surface area contributed by atoms with E-state index >= 15 is 0 Å². The maximum Gasteiger partial charge on any atom is 0.328 e. The topological polar surface area (TPSA) is 46.5 Å². The molecule has 19 heavy (non-hydrogen) atoms. The molecule has 0 atom stereocenters. The molecule has 0 aliphatic carbocycles. The second-order valence-electron chi connectivity index (χ2n) is 5.78. The molecule has 0 bridgehead atoms. The highest BCUT2D eigenvalue weighted by atomic mass is 16.5. The molecule has 1 aromatic carbocycles. The fourth-order valence-corrected chi connectivity index (χ4v) is 1.46. The minimum Gasteiger partial charge on any atom is -0.478 e. The van der Waals surface area contributed by atoms with Crippen LogP contribution in [0.1, 0.15) is 38.3 Å². The summed E-state index contributed by atoms with van der Waals surface area (Å²) in [6.07, 6.45) is 3.74. The molecule has 0 aliphatic rings. The number of hydrogen-bond donors (Lipinski definition) is 1. The normalized spacial score (nSPS) is 11.9. The van der Waals surface area contributed by atoms with Gasteiger partial charge < -0.3 is 9.84 Å². The third-order valence-electron chi connectivity index (χ3n) is 2.66. The average Bonchev–Trinajstić information content (AvgIpc) is 2.32. The van der Waals surface area contributed by atoms with Gasteiger partial charge in [-0.1, -0.05) is 45.0 Å². The number of benzene rings is 1. The van der Waals surface area contributed by atoms with Crippen molar-refractivity contribution in [1.82, 2.24) is 0 Å². The Kier molecular flexibility index (Phi) is 5.77. The quantitative estimate of drug-likeness (QED) is 0.627. The van der Waals surface area contributed by atoms with Gasteiger partial charge in [-0.2, -0.15) is 0 Å². The molecule has 0 aromatic heterocycles. The van der Waals surface area contributed by atoms with Crippen molar-refractivity contribution in [2.75, 3.05) is 6.61 Å². The molecule has 0 unspecified atom stereocenters. The molecule has 0 aliphatic heterocycles. The van der Waals surface area contributed by atoms with Crippen LogP contribution in [0.3, 0.4) is 0 Å². The van der Waals surface area contributed by atoms with E-state index in [9.17, 15) is 4.79 Å². The molecular formula is C16H22O3. The molecule has 0 saturated heterocycles. The molecule has 0 heterocycles. The van der Waals surface area contributed by atoms with Crippen molar-refractivity contribution in [3.63, 3.8) is 0 Å². The second kappa shape index (κ2) is 7.10. The number of carboxylic acid groups (broad SMARTS) is 1. The van der Waals surface area contributed by atoms with Gasteiger partial charge in [0.05, 0.1) is 6.61 Å². The van der Waals surface area contributed by atoms with Crippen LogP contribution >= 0.6 is 0 Å². The first-order chi connectivity index (χ1) is 8.87. The highest BCUT2D eigenvalue weighted by Crippen LogP contribution is 2.18. The summed E-state index contributed by atoms with van der Waals surface area (Å²) in [5.74, 6) is -0.936. The molecule has 104 valence electrons. The molecule has 1 rings (SSSR count). The molecule has 3 nitrogen and oxygen atoms in total. The highest BCUT2D eigenvalue weighted by Gasteiger charge is 2.09. The summed E-state index contributed by atoms with van der Waals surface area (Å²) in [6.45, 7) is 7.93. The first-order valence-electron chi connectivity index (χ1n) is 6.44. The van der Waals surface area contributed by atoms with Crippen molar-refractivity contribution < 1.29 is 14.6 Å². The first-order valence-corrected chi connectivity index (χ1v) is 6.44. The zero-order valence-electron chi connectivity index (χ0n) is 11.8. The summed E-state index contributed by atoms with van der Waals surface area (Å²) in [5.41, 5.74) is 2.27. The van der Waals surface area contributed by atoms with Crippen LogP contribution in [-0.4, -0.2) is 17.7 Å². The first kappa shape index (κ1) is 15.4. The third kappa shape index (κ3) is 7.42. The van der Waals surface area contributed by atoms with Gasteiger partial charge in [-0.25, -0.2) is 4.79 Å². The minimum atomic E-state index is -0.936. The van der Waals surface area contributed by atoms with Crippen molar-refractivity contribution in [1.29, 1.82) is 0 Å². The van der Waals surface area contributed by atoms with Crippen LogP contribution in [0.5, 0.6) is 0 Å². The Balaban J connectivity index is 2.38. The summed E-state index contributed by atoms with van der Waals surface area (Å²) in [7, 11) is 0. The van der Waals surface area contributed by atoms with Gasteiger partial charge in [-0.15, -0.1) is 0 Å². The summed E-state index contributed by atoms with van der Waals surface area (Å²) in [5, 5.41) is 8.53. The van der Waals surface area contributed by atoms with Gasteiger partial charge in [-0.05, 0) is 29.0 Å². The van der Waals surface area contributed by atoms with E-state index in [1.54, 1.807) is 6.08 Å². The van der Waals surface area contributed by atoms with Gasteiger partial charge in [0.25, 0.3) is 0 Å². The van der Waals surface area contributed by atoms with Crippen molar-refractivity contribution in [3.05, 3.63) is 41.5 Å². The fourth-order valence-electron chi connectivity index (χ4n) is 1.46. The Morgan fingerprint density at radius 2 is 1.89 bits per heavy atom. The molecule has 0 amide bonds. The van der Waals surface area contributed by atoms with Gasteiger partial charge >= 0.3 is 5.97 Å². The van der Waals surface area contributed by atoms with Crippen LogP contribution in [0.15, 0.2) is 30.3 Å². The maximum atomic E-state index is 10.4. The van der Waals surface area contributed by atoms with Gasteiger partial charge in [0.15, 0.2) is 0 Å². The molecule has 0 fully saturated rings. The van der Waals surface area contributed by atoms with E-state index in [1.165, 1.54) is 0 Å². The summed E-state index contributed by atoms with van der Waals surface area (Å²) < 4.78 is 5.62. The lowest BCUT2D eigenvalue weighted by Gasteiger charge is -2.17. The highest BCUT2D eigenvalue weighted by molar-refractivity contribution is 5.85.